The lowest BCUT2D eigenvalue weighted by Gasteiger charge is -2.44. The summed E-state index contributed by atoms with van der Waals surface area (Å²) in [4.78, 5) is 11.3. The van der Waals surface area contributed by atoms with Gasteiger partial charge in [-0.25, -0.2) is 4.98 Å². The van der Waals surface area contributed by atoms with Crippen LogP contribution in [0, 0.1) is 13.8 Å². The molecule has 3 heterocycles. The molecule has 0 N–H and O–H groups in total. The monoisotopic (exact) mass is 504 g/mol. The molecule has 5 rings (SSSR count). The first-order chi connectivity index (χ1) is 17.2. The third kappa shape index (κ3) is 4.02. The lowest BCUT2D eigenvalue weighted by molar-refractivity contribution is 0.0684. The van der Waals surface area contributed by atoms with Gasteiger partial charge in [0.2, 0.25) is 5.88 Å². The molecule has 0 radical (unpaired) electrons. The number of aryl methyl sites for hydroxylation is 2. The Labute approximate surface area is 215 Å². The summed E-state index contributed by atoms with van der Waals surface area (Å²) in [6, 6.07) is 12.5. The summed E-state index contributed by atoms with van der Waals surface area (Å²) in [5, 5.41) is 5.91. The van der Waals surface area contributed by atoms with Crippen LogP contribution in [-0.4, -0.2) is 34.2 Å². The second-order valence-corrected chi connectivity index (χ2v) is 9.99. The molecule has 0 bridgehead atoms. The number of methoxy groups -OCH3 is 2. The van der Waals surface area contributed by atoms with Crippen molar-refractivity contribution in [3.05, 3.63) is 87.7 Å². The zero-order valence-electron chi connectivity index (χ0n) is 21.2. The maximum absolute atomic E-state index is 6.23. The Hall–Kier alpha value is -3.42. The molecule has 36 heavy (non-hydrogen) atoms. The minimum absolute atomic E-state index is 0.0371. The van der Waals surface area contributed by atoms with E-state index in [1.54, 1.807) is 20.4 Å². The van der Waals surface area contributed by atoms with Crippen LogP contribution in [0.25, 0.3) is 11.0 Å². The molecule has 1 aliphatic rings. The average Bonchev–Trinajstić information content (AvgIpc) is 3.49. The van der Waals surface area contributed by atoms with E-state index in [1.165, 1.54) is 0 Å². The maximum atomic E-state index is 6.23. The highest BCUT2D eigenvalue weighted by Gasteiger charge is 2.43. The lowest BCUT2D eigenvalue weighted by atomic mass is 9.88. The van der Waals surface area contributed by atoms with E-state index in [9.17, 15) is 0 Å². The molecule has 2 atom stereocenters. The summed E-state index contributed by atoms with van der Waals surface area (Å²) in [7, 11) is 3.16. The minimum Gasteiger partial charge on any atom is -0.481 e. The Morgan fingerprint density at radius 1 is 1.00 bits per heavy atom. The number of fused-ring (bicyclic) bond motifs is 1. The predicted molar refractivity (Wildman–Crippen MR) is 140 cm³/mol. The normalized spacial score (nSPS) is 18.2. The van der Waals surface area contributed by atoms with Crippen LogP contribution in [-0.2, 0) is 5.54 Å². The van der Waals surface area contributed by atoms with Crippen molar-refractivity contribution in [1.29, 1.82) is 0 Å². The maximum Gasteiger partial charge on any atom is 0.319 e. The van der Waals surface area contributed by atoms with E-state index in [0.717, 1.165) is 38.9 Å². The first-order valence-electron chi connectivity index (χ1n) is 11.8. The molecule has 1 aliphatic heterocycles. The van der Waals surface area contributed by atoms with Gasteiger partial charge in [-0.3, -0.25) is 4.90 Å². The van der Waals surface area contributed by atoms with Gasteiger partial charge < -0.3 is 14.0 Å². The molecule has 0 saturated heterocycles. The van der Waals surface area contributed by atoms with E-state index in [2.05, 4.69) is 77.2 Å². The molecular weight excluding hydrogens is 476 g/mol. The Kier molecular flexibility index (Phi) is 6.22. The molecule has 2 unspecified atom stereocenters. The van der Waals surface area contributed by atoms with Crippen LogP contribution in [0.3, 0.4) is 0 Å². The quantitative estimate of drug-likeness (QED) is 0.278. The van der Waals surface area contributed by atoms with Gasteiger partial charge in [0.25, 0.3) is 0 Å². The molecule has 0 aliphatic carbocycles. The number of benzene rings is 2. The second kappa shape index (κ2) is 9.22. The Bertz CT molecular complexity index is 1450. The first kappa shape index (κ1) is 24.3. The minimum atomic E-state index is -0.402. The summed E-state index contributed by atoms with van der Waals surface area (Å²) in [5.74, 6) is 0.482. The molecule has 0 saturated carbocycles. The molecule has 186 valence electrons. The molecule has 2 aromatic heterocycles. The summed E-state index contributed by atoms with van der Waals surface area (Å²) >= 11 is 6.23. The van der Waals surface area contributed by atoms with Crippen molar-refractivity contribution < 1.29 is 14.0 Å². The van der Waals surface area contributed by atoms with Gasteiger partial charge in [-0.05, 0) is 62.6 Å². The van der Waals surface area contributed by atoms with Crippen molar-refractivity contribution in [1.82, 2.24) is 20.0 Å². The summed E-state index contributed by atoms with van der Waals surface area (Å²) in [6.07, 6.45) is 6.21. The average molecular weight is 505 g/mol. The summed E-state index contributed by atoms with van der Waals surface area (Å²) in [5.41, 5.74) is 5.50. The van der Waals surface area contributed by atoms with Gasteiger partial charge in [-0.15, -0.1) is 0 Å². The molecule has 8 heteroatoms. The van der Waals surface area contributed by atoms with Crippen LogP contribution >= 0.6 is 11.6 Å². The SMILES string of the molecule is COc1ncc(C2C=CC(c3cc(C)c4onc(C)c4c3)N2C(C)(C)c2ccc(Cl)cc2)c(OC)n1. The molecule has 2 aromatic carbocycles. The highest BCUT2D eigenvalue weighted by Crippen LogP contribution is 2.49. The molecule has 4 aromatic rings. The van der Waals surface area contributed by atoms with E-state index in [-0.39, 0.29) is 18.1 Å². The highest BCUT2D eigenvalue weighted by molar-refractivity contribution is 6.30. The van der Waals surface area contributed by atoms with E-state index < -0.39 is 5.54 Å². The van der Waals surface area contributed by atoms with Crippen molar-refractivity contribution in [3.8, 4) is 11.9 Å². The van der Waals surface area contributed by atoms with E-state index >= 15 is 0 Å². The van der Waals surface area contributed by atoms with Crippen LogP contribution in [0.1, 0.15) is 53.9 Å². The number of hydrogen-bond donors (Lipinski definition) is 0. The lowest BCUT2D eigenvalue weighted by Crippen LogP contribution is -2.43. The fraction of sp³-hybridized carbons (Fsp3) is 0.321. The standard InChI is InChI=1S/C28H29ClN4O3/c1-16-13-18(14-21-17(2)32-36-25(16)21)23-11-12-24(22-15-30-27(35-6)31-26(22)34-5)33(23)28(3,4)19-7-9-20(29)10-8-19/h7-15,23-24H,1-6H3. The van der Waals surface area contributed by atoms with Gasteiger partial charge in [0.1, 0.15) is 0 Å². The first-order valence-corrected chi connectivity index (χ1v) is 12.2. The van der Waals surface area contributed by atoms with Crippen molar-refractivity contribution in [2.24, 2.45) is 0 Å². The van der Waals surface area contributed by atoms with Crippen LogP contribution in [0.5, 0.6) is 11.9 Å². The second-order valence-electron chi connectivity index (χ2n) is 9.55. The van der Waals surface area contributed by atoms with Gasteiger partial charge in [0.05, 0.1) is 37.6 Å². The van der Waals surface area contributed by atoms with Crippen LogP contribution in [0.4, 0.5) is 0 Å². The Morgan fingerprint density at radius 3 is 2.42 bits per heavy atom. The van der Waals surface area contributed by atoms with E-state index in [0.29, 0.717) is 10.9 Å². The van der Waals surface area contributed by atoms with Gasteiger partial charge >= 0.3 is 6.01 Å². The molecular formula is C28H29ClN4O3. The van der Waals surface area contributed by atoms with Crippen molar-refractivity contribution in [3.63, 3.8) is 0 Å². The zero-order valence-corrected chi connectivity index (χ0v) is 22.0. The van der Waals surface area contributed by atoms with Crippen LogP contribution in [0.2, 0.25) is 5.02 Å². The largest absolute Gasteiger partial charge is 0.481 e. The molecule has 7 nitrogen and oxygen atoms in total. The molecule has 0 amide bonds. The molecule has 0 fully saturated rings. The summed E-state index contributed by atoms with van der Waals surface area (Å²) in [6.45, 7) is 8.46. The number of nitrogens with zero attached hydrogens (tertiary/aromatic N) is 4. The number of ether oxygens (including phenoxy) is 2. The van der Waals surface area contributed by atoms with Crippen molar-refractivity contribution >= 4 is 22.6 Å². The Morgan fingerprint density at radius 2 is 1.72 bits per heavy atom. The third-order valence-electron chi connectivity index (χ3n) is 7.03. The topological polar surface area (TPSA) is 73.5 Å². The Balaban J connectivity index is 1.67. The zero-order chi connectivity index (χ0) is 25.6. The molecule has 0 spiro atoms. The third-order valence-corrected chi connectivity index (χ3v) is 7.28. The number of rotatable bonds is 6. The fourth-order valence-corrected chi connectivity index (χ4v) is 5.27. The van der Waals surface area contributed by atoms with Gasteiger partial charge in [-0.2, -0.15) is 4.98 Å². The number of aromatic nitrogens is 3. The smallest absolute Gasteiger partial charge is 0.319 e. The van der Waals surface area contributed by atoms with E-state index in [1.807, 2.05) is 19.1 Å². The highest BCUT2D eigenvalue weighted by atomic mass is 35.5. The summed E-state index contributed by atoms with van der Waals surface area (Å²) < 4.78 is 16.5. The van der Waals surface area contributed by atoms with Crippen molar-refractivity contribution in [2.45, 2.75) is 45.3 Å². The number of hydrogen-bond acceptors (Lipinski definition) is 7. The number of halogens is 1. The fourth-order valence-electron chi connectivity index (χ4n) is 5.15. The van der Waals surface area contributed by atoms with Crippen LogP contribution < -0.4 is 9.47 Å². The van der Waals surface area contributed by atoms with Crippen LogP contribution in [0.15, 0.2) is 59.3 Å². The van der Waals surface area contributed by atoms with E-state index in [4.69, 9.17) is 25.6 Å². The predicted octanol–water partition coefficient (Wildman–Crippen LogP) is 6.49. The van der Waals surface area contributed by atoms with Gasteiger partial charge in [0, 0.05) is 22.1 Å². The van der Waals surface area contributed by atoms with Gasteiger partial charge in [-0.1, -0.05) is 47.1 Å². The van der Waals surface area contributed by atoms with Gasteiger partial charge in [0.15, 0.2) is 5.58 Å². The van der Waals surface area contributed by atoms with Crippen molar-refractivity contribution in [2.75, 3.05) is 14.2 Å².